The van der Waals surface area contributed by atoms with Crippen LogP contribution in [0.4, 0.5) is 0 Å². The minimum absolute atomic E-state index is 0.148. The van der Waals surface area contributed by atoms with E-state index in [1.165, 1.54) is 0 Å². The van der Waals surface area contributed by atoms with Crippen molar-refractivity contribution in [2.75, 3.05) is 7.11 Å². The molecule has 0 bridgehead atoms. The molecule has 1 heterocycles. The fourth-order valence-electron chi connectivity index (χ4n) is 1.69. The van der Waals surface area contributed by atoms with Crippen LogP contribution >= 0.6 is 0 Å². The van der Waals surface area contributed by atoms with Gasteiger partial charge in [0.2, 0.25) is 0 Å². The number of aryl methyl sites for hydroxylation is 1. The summed E-state index contributed by atoms with van der Waals surface area (Å²) in [6.45, 7) is 0. The molecule has 19 heavy (non-hydrogen) atoms. The first-order valence-electron chi connectivity index (χ1n) is 5.96. The molecule has 2 aromatic rings. The summed E-state index contributed by atoms with van der Waals surface area (Å²) in [5.41, 5.74) is 1.68. The number of hydrogen-bond acceptors (Lipinski definition) is 4. The highest BCUT2D eigenvalue weighted by molar-refractivity contribution is 5.66. The molecule has 0 saturated carbocycles. The maximum absolute atomic E-state index is 10.4. The monoisotopic (exact) mass is 261 g/mol. The van der Waals surface area contributed by atoms with Crippen LogP contribution in [0.1, 0.15) is 18.5 Å². The topological polar surface area (TPSA) is 77.2 Å². The maximum Gasteiger partial charge on any atom is 0.303 e. The number of ether oxygens (including phenoxy) is 1. The Balaban J connectivity index is 2.01. The van der Waals surface area contributed by atoms with Crippen LogP contribution in [0.15, 0.2) is 30.5 Å². The summed E-state index contributed by atoms with van der Waals surface area (Å²) in [7, 11) is 1.62. The predicted octanol–water partition coefficient (Wildman–Crippen LogP) is 1.68. The average molecular weight is 261 g/mol. The Labute approximate surface area is 110 Å². The Morgan fingerprint density at radius 1 is 1.37 bits per heavy atom. The highest BCUT2D eigenvalue weighted by Crippen LogP contribution is 2.14. The Morgan fingerprint density at radius 3 is 2.74 bits per heavy atom. The van der Waals surface area contributed by atoms with Crippen LogP contribution in [0.5, 0.6) is 5.75 Å². The minimum Gasteiger partial charge on any atom is -0.497 e. The van der Waals surface area contributed by atoms with Crippen LogP contribution in [0.2, 0.25) is 0 Å². The molecule has 1 aromatic heterocycles. The van der Waals surface area contributed by atoms with E-state index in [0.29, 0.717) is 12.8 Å². The smallest absolute Gasteiger partial charge is 0.303 e. The van der Waals surface area contributed by atoms with Gasteiger partial charge in [-0.25, -0.2) is 4.68 Å². The molecule has 0 fully saturated rings. The molecule has 2 rings (SSSR count). The minimum atomic E-state index is -0.789. The molecule has 0 spiro atoms. The summed E-state index contributed by atoms with van der Waals surface area (Å²) < 4.78 is 6.75. The van der Waals surface area contributed by atoms with Crippen LogP contribution in [0.3, 0.4) is 0 Å². The molecular weight excluding hydrogens is 246 g/mol. The third-order valence-corrected chi connectivity index (χ3v) is 2.70. The van der Waals surface area contributed by atoms with Gasteiger partial charge in [-0.1, -0.05) is 5.21 Å². The Kier molecular flexibility index (Phi) is 4.12. The first-order chi connectivity index (χ1) is 9.19. The lowest BCUT2D eigenvalue weighted by molar-refractivity contribution is -0.137. The quantitative estimate of drug-likeness (QED) is 0.856. The highest BCUT2D eigenvalue weighted by Gasteiger charge is 2.04. The lowest BCUT2D eigenvalue weighted by Crippen LogP contribution is -1.96. The van der Waals surface area contributed by atoms with Crippen LogP contribution in [-0.2, 0) is 11.2 Å². The number of rotatable bonds is 6. The van der Waals surface area contributed by atoms with Crippen molar-refractivity contribution in [3.05, 3.63) is 36.2 Å². The number of methoxy groups -OCH3 is 1. The number of benzene rings is 1. The molecule has 6 heteroatoms. The zero-order chi connectivity index (χ0) is 13.7. The molecule has 0 saturated heterocycles. The van der Waals surface area contributed by atoms with E-state index in [1.807, 2.05) is 30.5 Å². The van der Waals surface area contributed by atoms with E-state index >= 15 is 0 Å². The number of nitrogens with zero attached hydrogens (tertiary/aromatic N) is 3. The molecular formula is C13H15N3O3. The number of carbonyl (C=O) groups is 1. The van der Waals surface area contributed by atoms with Crippen molar-refractivity contribution in [3.8, 4) is 11.4 Å². The molecule has 0 unspecified atom stereocenters. The van der Waals surface area contributed by atoms with E-state index < -0.39 is 5.97 Å². The van der Waals surface area contributed by atoms with Crippen molar-refractivity contribution in [1.29, 1.82) is 0 Å². The SMILES string of the molecule is COc1ccc(-n2cc(CCCC(=O)O)nn2)cc1. The van der Waals surface area contributed by atoms with Crippen molar-refractivity contribution in [2.45, 2.75) is 19.3 Å². The first-order valence-corrected chi connectivity index (χ1v) is 5.96. The summed E-state index contributed by atoms with van der Waals surface area (Å²) >= 11 is 0. The second-order valence-corrected chi connectivity index (χ2v) is 4.10. The van der Waals surface area contributed by atoms with Gasteiger partial charge >= 0.3 is 5.97 Å². The van der Waals surface area contributed by atoms with Gasteiger partial charge in [0.25, 0.3) is 0 Å². The van der Waals surface area contributed by atoms with Gasteiger partial charge in [0.15, 0.2) is 0 Å². The molecule has 6 nitrogen and oxygen atoms in total. The number of aliphatic carboxylic acids is 1. The summed E-state index contributed by atoms with van der Waals surface area (Å²) in [5.74, 6) is -0.00640. The number of carboxylic acid groups (broad SMARTS) is 1. The number of hydrogen-bond donors (Lipinski definition) is 1. The molecule has 0 atom stereocenters. The fraction of sp³-hybridized carbons (Fsp3) is 0.308. The van der Waals surface area contributed by atoms with Gasteiger partial charge in [-0.05, 0) is 37.1 Å². The van der Waals surface area contributed by atoms with Gasteiger partial charge in [0.1, 0.15) is 5.75 Å². The van der Waals surface area contributed by atoms with Gasteiger partial charge < -0.3 is 9.84 Å². The van der Waals surface area contributed by atoms with E-state index in [4.69, 9.17) is 9.84 Å². The van der Waals surface area contributed by atoms with Crippen LogP contribution < -0.4 is 4.74 Å². The van der Waals surface area contributed by atoms with Crippen LogP contribution in [0.25, 0.3) is 5.69 Å². The zero-order valence-corrected chi connectivity index (χ0v) is 10.6. The molecule has 0 aliphatic rings. The summed E-state index contributed by atoms with van der Waals surface area (Å²) in [6.07, 6.45) is 3.14. The van der Waals surface area contributed by atoms with E-state index in [0.717, 1.165) is 17.1 Å². The van der Waals surface area contributed by atoms with Gasteiger partial charge in [0.05, 0.1) is 24.7 Å². The highest BCUT2D eigenvalue weighted by atomic mass is 16.5. The lowest BCUT2D eigenvalue weighted by atomic mass is 10.2. The van der Waals surface area contributed by atoms with Gasteiger partial charge in [-0.3, -0.25) is 4.79 Å². The summed E-state index contributed by atoms with van der Waals surface area (Å²) in [5, 5.41) is 16.6. The molecule has 1 aromatic carbocycles. The third-order valence-electron chi connectivity index (χ3n) is 2.70. The second-order valence-electron chi connectivity index (χ2n) is 4.10. The molecule has 0 aliphatic heterocycles. The van der Waals surface area contributed by atoms with E-state index in [9.17, 15) is 4.79 Å². The standard InChI is InChI=1S/C13H15N3O3/c1-19-12-7-5-11(6-8-12)16-9-10(14-15-16)3-2-4-13(17)18/h5-9H,2-4H2,1H3,(H,17,18). The first kappa shape index (κ1) is 13.1. The number of carboxylic acids is 1. The molecule has 0 aliphatic carbocycles. The lowest BCUT2D eigenvalue weighted by Gasteiger charge is -2.02. The molecule has 0 radical (unpaired) electrons. The normalized spacial score (nSPS) is 10.4. The van der Waals surface area contributed by atoms with Crippen LogP contribution in [-0.4, -0.2) is 33.2 Å². The fourth-order valence-corrected chi connectivity index (χ4v) is 1.69. The zero-order valence-electron chi connectivity index (χ0n) is 10.6. The van der Waals surface area contributed by atoms with Crippen molar-refractivity contribution in [1.82, 2.24) is 15.0 Å². The van der Waals surface area contributed by atoms with Crippen LogP contribution in [0, 0.1) is 0 Å². The van der Waals surface area contributed by atoms with Crippen molar-refractivity contribution in [3.63, 3.8) is 0 Å². The van der Waals surface area contributed by atoms with Gasteiger partial charge in [-0.2, -0.15) is 0 Å². The maximum atomic E-state index is 10.4. The predicted molar refractivity (Wildman–Crippen MR) is 68.5 cm³/mol. The Morgan fingerprint density at radius 2 is 2.11 bits per heavy atom. The van der Waals surface area contributed by atoms with Crippen molar-refractivity contribution < 1.29 is 14.6 Å². The molecule has 100 valence electrons. The second kappa shape index (κ2) is 5.99. The summed E-state index contributed by atoms with van der Waals surface area (Å²) in [6, 6.07) is 7.46. The largest absolute Gasteiger partial charge is 0.497 e. The Bertz CT molecular complexity index is 549. The average Bonchev–Trinajstić information content (AvgIpc) is 2.87. The summed E-state index contributed by atoms with van der Waals surface area (Å²) in [4.78, 5) is 10.4. The van der Waals surface area contributed by atoms with Gasteiger partial charge in [0, 0.05) is 6.42 Å². The van der Waals surface area contributed by atoms with E-state index in [-0.39, 0.29) is 6.42 Å². The van der Waals surface area contributed by atoms with Crippen molar-refractivity contribution in [2.24, 2.45) is 0 Å². The van der Waals surface area contributed by atoms with Crippen molar-refractivity contribution >= 4 is 5.97 Å². The number of aromatic nitrogens is 3. The van der Waals surface area contributed by atoms with E-state index in [2.05, 4.69) is 10.3 Å². The third kappa shape index (κ3) is 3.54. The molecule has 0 amide bonds. The molecule has 1 N–H and O–H groups in total. The van der Waals surface area contributed by atoms with Gasteiger partial charge in [-0.15, -0.1) is 5.10 Å². The van der Waals surface area contributed by atoms with E-state index in [1.54, 1.807) is 11.8 Å². The Hall–Kier alpha value is -2.37.